The van der Waals surface area contributed by atoms with E-state index in [0.29, 0.717) is 13.1 Å². The highest BCUT2D eigenvalue weighted by atomic mass is 16.1. The van der Waals surface area contributed by atoms with Crippen molar-refractivity contribution in [2.24, 2.45) is 13.0 Å². The topological polar surface area (TPSA) is 59.0 Å². The predicted molar refractivity (Wildman–Crippen MR) is 60.6 cm³/mol. The molecule has 1 fully saturated rings. The summed E-state index contributed by atoms with van der Waals surface area (Å²) >= 11 is 0. The highest BCUT2D eigenvalue weighted by molar-refractivity contribution is 5.77. The third-order valence-electron chi connectivity index (χ3n) is 2.80. The first-order valence-electron chi connectivity index (χ1n) is 5.70. The fourth-order valence-corrected chi connectivity index (χ4v) is 1.54. The monoisotopic (exact) mass is 222 g/mol. The first-order chi connectivity index (χ1) is 7.75. The van der Waals surface area contributed by atoms with Crippen molar-refractivity contribution in [1.82, 2.24) is 20.4 Å². The van der Waals surface area contributed by atoms with Crippen LogP contribution in [0.5, 0.6) is 0 Å². The van der Waals surface area contributed by atoms with Gasteiger partial charge in [0.15, 0.2) is 0 Å². The Hall–Kier alpha value is -1.36. The molecule has 1 amide bonds. The fourth-order valence-electron chi connectivity index (χ4n) is 1.54. The van der Waals surface area contributed by atoms with Crippen LogP contribution in [0, 0.1) is 5.92 Å². The third kappa shape index (κ3) is 3.34. The number of nitrogens with zero attached hydrogens (tertiary/aromatic N) is 2. The summed E-state index contributed by atoms with van der Waals surface area (Å²) in [6, 6.07) is 1.90. The molecule has 0 unspecified atom stereocenters. The number of hydrogen-bond acceptors (Lipinski definition) is 3. The maximum absolute atomic E-state index is 11.4. The highest BCUT2D eigenvalue weighted by Gasteiger charge is 2.20. The Kier molecular flexibility index (Phi) is 3.56. The van der Waals surface area contributed by atoms with Gasteiger partial charge >= 0.3 is 0 Å². The van der Waals surface area contributed by atoms with Gasteiger partial charge in [-0.15, -0.1) is 0 Å². The van der Waals surface area contributed by atoms with E-state index in [-0.39, 0.29) is 5.91 Å². The van der Waals surface area contributed by atoms with Gasteiger partial charge in [0.1, 0.15) is 0 Å². The number of nitrogens with one attached hydrogen (secondary N) is 2. The molecule has 2 rings (SSSR count). The van der Waals surface area contributed by atoms with Crippen LogP contribution >= 0.6 is 0 Å². The van der Waals surface area contributed by atoms with E-state index in [1.165, 1.54) is 12.8 Å². The van der Waals surface area contributed by atoms with Crippen molar-refractivity contribution in [2.45, 2.75) is 19.4 Å². The van der Waals surface area contributed by atoms with Crippen LogP contribution in [0.25, 0.3) is 0 Å². The van der Waals surface area contributed by atoms with E-state index in [1.807, 2.05) is 13.1 Å². The second-order valence-corrected chi connectivity index (χ2v) is 4.30. The molecule has 0 radical (unpaired) electrons. The van der Waals surface area contributed by atoms with E-state index >= 15 is 0 Å². The third-order valence-corrected chi connectivity index (χ3v) is 2.80. The van der Waals surface area contributed by atoms with Crippen molar-refractivity contribution in [3.63, 3.8) is 0 Å². The van der Waals surface area contributed by atoms with Crippen molar-refractivity contribution >= 4 is 5.91 Å². The Balaban J connectivity index is 1.61. The summed E-state index contributed by atoms with van der Waals surface area (Å²) < 4.78 is 1.76. The molecule has 5 heteroatoms. The van der Waals surface area contributed by atoms with Gasteiger partial charge in [-0.25, -0.2) is 0 Å². The maximum atomic E-state index is 11.4. The lowest BCUT2D eigenvalue weighted by Gasteiger charge is -2.06. The van der Waals surface area contributed by atoms with Crippen LogP contribution < -0.4 is 10.6 Å². The summed E-state index contributed by atoms with van der Waals surface area (Å²) in [7, 11) is 1.87. The lowest BCUT2D eigenvalue weighted by atomic mass is 10.4. The van der Waals surface area contributed by atoms with Gasteiger partial charge in [-0.2, -0.15) is 5.10 Å². The van der Waals surface area contributed by atoms with Crippen LogP contribution in [0.2, 0.25) is 0 Å². The molecule has 0 aliphatic heterocycles. The fraction of sp³-hybridized carbons (Fsp3) is 0.636. The number of amides is 1. The van der Waals surface area contributed by atoms with E-state index in [4.69, 9.17) is 0 Å². The molecule has 16 heavy (non-hydrogen) atoms. The predicted octanol–water partition coefficient (Wildman–Crippen LogP) is 0.0359. The van der Waals surface area contributed by atoms with Crippen molar-refractivity contribution in [2.75, 3.05) is 13.1 Å². The van der Waals surface area contributed by atoms with Gasteiger partial charge in [0.25, 0.3) is 0 Å². The smallest absolute Gasteiger partial charge is 0.234 e. The standard InChI is InChI=1S/C11H18N4O/c1-15-10(4-5-14-15)7-13-11(16)8-12-6-9-2-3-9/h4-5,9,12H,2-3,6-8H2,1H3,(H,13,16). The van der Waals surface area contributed by atoms with Gasteiger partial charge in [0.05, 0.1) is 18.8 Å². The quantitative estimate of drug-likeness (QED) is 0.714. The summed E-state index contributed by atoms with van der Waals surface area (Å²) in [6.07, 6.45) is 4.35. The van der Waals surface area contributed by atoms with Gasteiger partial charge in [0.2, 0.25) is 5.91 Å². The maximum Gasteiger partial charge on any atom is 0.234 e. The van der Waals surface area contributed by atoms with Crippen molar-refractivity contribution in [3.8, 4) is 0 Å². The van der Waals surface area contributed by atoms with Gasteiger partial charge < -0.3 is 10.6 Å². The normalized spacial score (nSPS) is 15.1. The summed E-state index contributed by atoms with van der Waals surface area (Å²) in [5.74, 6) is 0.853. The molecule has 1 aromatic heterocycles. The lowest BCUT2D eigenvalue weighted by Crippen LogP contribution is -2.34. The zero-order valence-electron chi connectivity index (χ0n) is 9.57. The van der Waals surface area contributed by atoms with E-state index in [2.05, 4.69) is 15.7 Å². The molecule has 0 spiro atoms. The second-order valence-electron chi connectivity index (χ2n) is 4.30. The Morgan fingerprint density at radius 2 is 2.44 bits per heavy atom. The van der Waals surface area contributed by atoms with E-state index in [9.17, 15) is 4.79 Å². The minimum atomic E-state index is 0.0434. The number of rotatable bonds is 6. The highest BCUT2D eigenvalue weighted by Crippen LogP contribution is 2.27. The van der Waals surface area contributed by atoms with E-state index in [0.717, 1.165) is 18.2 Å². The number of hydrogen-bond donors (Lipinski definition) is 2. The molecule has 2 N–H and O–H groups in total. The Morgan fingerprint density at radius 3 is 3.06 bits per heavy atom. The molecule has 5 nitrogen and oxygen atoms in total. The Labute approximate surface area is 95.2 Å². The molecule has 1 saturated carbocycles. The zero-order chi connectivity index (χ0) is 11.4. The minimum Gasteiger partial charge on any atom is -0.349 e. The number of aryl methyl sites for hydroxylation is 1. The first-order valence-corrected chi connectivity index (χ1v) is 5.70. The van der Waals surface area contributed by atoms with Crippen molar-refractivity contribution in [1.29, 1.82) is 0 Å². The molecule has 88 valence electrons. The second kappa shape index (κ2) is 5.12. The molecular weight excluding hydrogens is 204 g/mol. The van der Waals surface area contributed by atoms with Crippen molar-refractivity contribution in [3.05, 3.63) is 18.0 Å². The molecule has 1 aliphatic carbocycles. The average Bonchev–Trinajstić information content (AvgIpc) is 2.99. The van der Waals surface area contributed by atoms with Gasteiger partial charge in [-0.3, -0.25) is 9.48 Å². The summed E-state index contributed by atoms with van der Waals surface area (Å²) in [4.78, 5) is 11.4. The van der Waals surface area contributed by atoms with Gasteiger partial charge in [0, 0.05) is 13.2 Å². The van der Waals surface area contributed by atoms with E-state index < -0.39 is 0 Å². The SMILES string of the molecule is Cn1nccc1CNC(=O)CNCC1CC1. The summed E-state index contributed by atoms with van der Waals surface area (Å²) in [5, 5.41) is 10.1. The van der Waals surface area contributed by atoms with Crippen LogP contribution in [0.3, 0.4) is 0 Å². The van der Waals surface area contributed by atoms with Crippen LogP contribution in [0.1, 0.15) is 18.5 Å². The molecule has 0 saturated heterocycles. The number of aromatic nitrogens is 2. The molecule has 0 aromatic carbocycles. The Bertz CT molecular complexity index is 357. The first kappa shape index (κ1) is 11.1. The molecular formula is C11H18N4O. The van der Waals surface area contributed by atoms with Gasteiger partial charge in [-0.05, 0) is 31.4 Å². The molecule has 1 aliphatic rings. The minimum absolute atomic E-state index is 0.0434. The largest absolute Gasteiger partial charge is 0.349 e. The number of carbonyl (C=O) groups excluding carboxylic acids is 1. The lowest BCUT2D eigenvalue weighted by molar-refractivity contribution is -0.120. The average molecular weight is 222 g/mol. The van der Waals surface area contributed by atoms with Crippen LogP contribution in [0.15, 0.2) is 12.3 Å². The van der Waals surface area contributed by atoms with E-state index in [1.54, 1.807) is 10.9 Å². The van der Waals surface area contributed by atoms with Crippen LogP contribution in [-0.4, -0.2) is 28.8 Å². The molecule has 0 bridgehead atoms. The summed E-state index contributed by atoms with van der Waals surface area (Å²) in [5.41, 5.74) is 1.01. The summed E-state index contributed by atoms with van der Waals surface area (Å²) in [6.45, 7) is 1.92. The molecule has 1 heterocycles. The Morgan fingerprint density at radius 1 is 1.62 bits per heavy atom. The molecule has 1 aromatic rings. The van der Waals surface area contributed by atoms with Gasteiger partial charge in [-0.1, -0.05) is 0 Å². The molecule has 0 atom stereocenters. The van der Waals surface area contributed by atoms with Crippen LogP contribution in [0.4, 0.5) is 0 Å². The van der Waals surface area contributed by atoms with Crippen LogP contribution in [-0.2, 0) is 18.4 Å². The number of carbonyl (C=O) groups is 1. The van der Waals surface area contributed by atoms with Crippen molar-refractivity contribution < 1.29 is 4.79 Å². The zero-order valence-corrected chi connectivity index (χ0v) is 9.57.